The summed E-state index contributed by atoms with van der Waals surface area (Å²) in [4.78, 5) is 47.2. The maximum atomic E-state index is 13.1. The van der Waals surface area contributed by atoms with Gasteiger partial charge < -0.3 is 14.7 Å². The summed E-state index contributed by atoms with van der Waals surface area (Å²) < 4.78 is 6.90. The lowest BCUT2D eigenvalue weighted by Gasteiger charge is -2.27. The van der Waals surface area contributed by atoms with Crippen LogP contribution in [-0.4, -0.2) is 59.7 Å². The monoisotopic (exact) mass is 493 g/mol. The van der Waals surface area contributed by atoms with Gasteiger partial charge in [-0.05, 0) is 57.4 Å². The Bertz CT molecular complexity index is 1300. The minimum Gasteiger partial charge on any atom is -0.480 e. The van der Waals surface area contributed by atoms with Gasteiger partial charge >= 0.3 is 12.1 Å². The molecule has 0 saturated carbocycles. The molecule has 0 fully saturated rings. The average molecular weight is 494 g/mol. The van der Waals surface area contributed by atoms with Crippen molar-refractivity contribution in [3.8, 4) is 11.1 Å². The van der Waals surface area contributed by atoms with Crippen LogP contribution in [0.1, 0.15) is 56.0 Å². The number of carboxylic acids is 1. The molecule has 2 heterocycles. The molecule has 1 N–H and O–H groups in total. The van der Waals surface area contributed by atoms with Gasteiger partial charge in [-0.2, -0.15) is 5.10 Å². The number of carbonyl (C=O) groups is 3. The summed E-state index contributed by atoms with van der Waals surface area (Å²) >= 11 is 0. The first kappa shape index (κ1) is 26.5. The molecule has 1 aromatic carbocycles. The molecule has 0 aliphatic rings. The molecule has 3 rings (SSSR count). The summed E-state index contributed by atoms with van der Waals surface area (Å²) in [6.07, 6.45) is 5.06. The first-order valence-electron chi connectivity index (χ1n) is 11.5. The van der Waals surface area contributed by atoms with Crippen molar-refractivity contribution in [2.45, 2.75) is 59.7 Å². The lowest BCUT2D eigenvalue weighted by atomic mass is 9.99. The van der Waals surface area contributed by atoms with Gasteiger partial charge in [-0.25, -0.2) is 14.8 Å². The molecule has 10 heteroatoms. The van der Waals surface area contributed by atoms with Crippen LogP contribution in [0.3, 0.4) is 0 Å². The predicted molar refractivity (Wildman–Crippen MR) is 135 cm³/mol. The van der Waals surface area contributed by atoms with Gasteiger partial charge in [0, 0.05) is 36.8 Å². The van der Waals surface area contributed by atoms with Gasteiger partial charge in [-0.1, -0.05) is 6.08 Å². The van der Waals surface area contributed by atoms with Crippen LogP contribution in [0.5, 0.6) is 0 Å². The molecule has 1 amide bonds. The minimum absolute atomic E-state index is 0.0997. The number of carbonyl (C=O) groups excluding carboxylic acids is 2. The predicted octanol–water partition coefficient (Wildman–Crippen LogP) is 4.40. The molecular formula is C26H31N5O5. The van der Waals surface area contributed by atoms with E-state index < -0.39 is 24.2 Å². The molecule has 0 radical (unpaired) electrons. The largest absolute Gasteiger partial charge is 0.480 e. The quantitative estimate of drug-likeness (QED) is 0.343. The van der Waals surface area contributed by atoms with Gasteiger partial charge in [0.15, 0.2) is 5.78 Å². The molecule has 0 atom stereocenters. The van der Waals surface area contributed by atoms with E-state index in [4.69, 9.17) is 4.74 Å². The summed E-state index contributed by atoms with van der Waals surface area (Å²) in [5, 5.41) is 14.3. The van der Waals surface area contributed by atoms with Crippen LogP contribution in [-0.2, 0) is 22.6 Å². The first-order chi connectivity index (χ1) is 16.9. The SMILES string of the molecule is C=CCCN(Cc1cc(-c2cnc(C)nc2)cc2c(C(C)=O)nn(CC(=O)O)c12)C(=O)OC(C)(C)C. The third-order valence-electron chi connectivity index (χ3n) is 5.27. The number of aromatic nitrogens is 4. The highest BCUT2D eigenvalue weighted by molar-refractivity contribution is 6.07. The van der Waals surface area contributed by atoms with Crippen molar-refractivity contribution < 1.29 is 24.2 Å². The van der Waals surface area contributed by atoms with E-state index in [2.05, 4.69) is 21.6 Å². The van der Waals surface area contributed by atoms with Crippen LogP contribution in [0.15, 0.2) is 37.2 Å². The number of hydrogen-bond acceptors (Lipinski definition) is 7. The number of fused-ring (bicyclic) bond motifs is 1. The van der Waals surface area contributed by atoms with Crippen LogP contribution in [0.25, 0.3) is 22.0 Å². The number of Topliss-reactive ketones (excluding diaryl/α,β-unsaturated/α-hetero) is 1. The number of carboxylic acid groups (broad SMARTS) is 1. The van der Waals surface area contributed by atoms with E-state index in [1.165, 1.54) is 16.5 Å². The van der Waals surface area contributed by atoms with E-state index in [9.17, 15) is 19.5 Å². The van der Waals surface area contributed by atoms with Crippen molar-refractivity contribution in [3.63, 3.8) is 0 Å². The summed E-state index contributed by atoms with van der Waals surface area (Å²) in [6.45, 7) is 12.3. The molecule has 0 unspecified atom stereocenters. The zero-order valence-corrected chi connectivity index (χ0v) is 21.2. The van der Waals surface area contributed by atoms with Crippen LogP contribution < -0.4 is 0 Å². The van der Waals surface area contributed by atoms with E-state index in [1.807, 2.05) is 6.07 Å². The van der Waals surface area contributed by atoms with Crippen molar-refractivity contribution >= 4 is 28.7 Å². The molecule has 0 spiro atoms. The second-order valence-corrected chi connectivity index (χ2v) is 9.49. The molecule has 0 aliphatic carbocycles. The fourth-order valence-corrected chi connectivity index (χ4v) is 3.75. The summed E-state index contributed by atoms with van der Waals surface area (Å²) in [5.74, 6) is -0.797. The van der Waals surface area contributed by atoms with Crippen molar-refractivity contribution in [1.29, 1.82) is 0 Å². The Labute approximate surface area is 209 Å². The Morgan fingerprint density at radius 3 is 2.39 bits per heavy atom. The number of hydrogen-bond donors (Lipinski definition) is 1. The highest BCUT2D eigenvalue weighted by Crippen LogP contribution is 2.31. The van der Waals surface area contributed by atoms with Gasteiger partial charge in [0.25, 0.3) is 0 Å². The molecule has 0 bridgehead atoms. The Balaban J connectivity index is 2.24. The molecule has 190 valence electrons. The standard InChI is InChI=1S/C26H31N5O5/c1-7-8-9-30(25(35)36-26(4,5)6)14-19-10-18(20-12-27-17(3)28-13-20)11-21-23(16(2)32)29-31(24(19)21)15-22(33)34/h7,10-13H,1,8-9,14-15H2,2-6H3,(H,33,34). The number of aryl methyl sites for hydroxylation is 1. The Morgan fingerprint density at radius 1 is 1.17 bits per heavy atom. The van der Waals surface area contributed by atoms with Gasteiger partial charge in [0.2, 0.25) is 0 Å². The second-order valence-electron chi connectivity index (χ2n) is 9.49. The Morgan fingerprint density at radius 2 is 1.83 bits per heavy atom. The number of rotatable bonds is 9. The zero-order chi connectivity index (χ0) is 26.6. The zero-order valence-electron chi connectivity index (χ0n) is 21.2. The summed E-state index contributed by atoms with van der Waals surface area (Å²) in [5.41, 5.74) is 1.94. The lowest BCUT2D eigenvalue weighted by molar-refractivity contribution is -0.137. The number of ether oxygens (including phenoxy) is 1. The van der Waals surface area contributed by atoms with Crippen molar-refractivity contribution in [3.05, 3.63) is 54.3 Å². The number of ketones is 1. The van der Waals surface area contributed by atoms with Crippen molar-refractivity contribution in [2.24, 2.45) is 0 Å². The van der Waals surface area contributed by atoms with E-state index in [1.54, 1.807) is 52.2 Å². The van der Waals surface area contributed by atoms with E-state index in [0.717, 1.165) is 0 Å². The van der Waals surface area contributed by atoms with E-state index in [0.29, 0.717) is 46.4 Å². The molecule has 0 aliphatic heterocycles. The fourth-order valence-electron chi connectivity index (χ4n) is 3.75. The Kier molecular flexibility index (Phi) is 7.87. The normalized spacial score (nSPS) is 11.4. The molecule has 0 saturated heterocycles. The summed E-state index contributed by atoms with van der Waals surface area (Å²) in [6, 6.07) is 3.61. The Hall–Kier alpha value is -4.08. The first-order valence-corrected chi connectivity index (χ1v) is 11.5. The van der Waals surface area contributed by atoms with Gasteiger partial charge in [0.1, 0.15) is 23.7 Å². The minimum atomic E-state index is -1.10. The molecule has 10 nitrogen and oxygen atoms in total. The van der Waals surface area contributed by atoms with Gasteiger partial charge in [-0.15, -0.1) is 6.58 Å². The summed E-state index contributed by atoms with van der Waals surface area (Å²) in [7, 11) is 0. The van der Waals surface area contributed by atoms with Crippen LogP contribution >= 0.6 is 0 Å². The maximum Gasteiger partial charge on any atom is 0.410 e. The third kappa shape index (κ3) is 6.32. The second kappa shape index (κ2) is 10.7. The molecule has 36 heavy (non-hydrogen) atoms. The van der Waals surface area contributed by atoms with Crippen LogP contribution in [0, 0.1) is 6.92 Å². The third-order valence-corrected chi connectivity index (χ3v) is 5.27. The fraction of sp³-hybridized carbons (Fsp3) is 0.385. The van der Waals surface area contributed by atoms with Crippen molar-refractivity contribution in [1.82, 2.24) is 24.6 Å². The molecular weight excluding hydrogens is 462 g/mol. The van der Waals surface area contributed by atoms with Gasteiger partial charge in [-0.3, -0.25) is 14.3 Å². The number of benzene rings is 1. The number of aliphatic carboxylic acids is 1. The number of amides is 1. The van der Waals surface area contributed by atoms with Crippen LogP contribution in [0.2, 0.25) is 0 Å². The highest BCUT2D eigenvalue weighted by atomic mass is 16.6. The van der Waals surface area contributed by atoms with E-state index in [-0.39, 0.29) is 18.0 Å². The average Bonchev–Trinajstić information content (AvgIpc) is 3.14. The smallest absolute Gasteiger partial charge is 0.410 e. The molecule has 2 aromatic heterocycles. The van der Waals surface area contributed by atoms with Crippen LogP contribution in [0.4, 0.5) is 4.79 Å². The van der Waals surface area contributed by atoms with Crippen molar-refractivity contribution in [2.75, 3.05) is 6.54 Å². The topological polar surface area (TPSA) is 128 Å². The lowest BCUT2D eigenvalue weighted by Crippen LogP contribution is -2.37. The van der Waals surface area contributed by atoms with Gasteiger partial charge in [0.05, 0.1) is 12.1 Å². The van der Waals surface area contributed by atoms with E-state index >= 15 is 0 Å². The molecule has 3 aromatic rings. The highest BCUT2D eigenvalue weighted by Gasteiger charge is 2.25. The maximum absolute atomic E-state index is 13.1. The number of nitrogens with zero attached hydrogens (tertiary/aromatic N) is 5.